The van der Waals surface area contributed by atoms with Crippen LogP contribution in [0.1, 0.15) is 49.2 Å². The van der Waals surface area contributed by atoms with Gasteiger partial charge in [-0.05, 0) is 47.2 Å². The van der Waals surface area contributed by atoms with Crippen molar-refractivity contribution in [2.45, 2.75) is 44.4 Å². The van der Waals surface area contributed by atoms with Crippen molar-refractivity contribution in [3.8, 4) is 5.75 Å². The summed E-state index contributed by atoms with van der Waals surface area (Å²) >= 11 is 0. The van der Waals surface area contributed by atoms with Crippen LogP contribution < -0.4 is 9.46 Å². The average Bonchev–Trinajstić information content (AvgIpc) is 2.64. The Labute approximate surface area is 170 Å². The number of ether oxygens (including phenoxy) is 1. The first-order chi connectivity index (χ1) is 13.5. The van der Waals surface area contributed by atoms with Gasteiger partial charge in [-0.15, -0.1) is 0 Å². The van der Waals surface area contributed by atoms with Gasteiger partial charge in [0.25, 0.3) is 0 Å². The molecule has 0 fully saturated rings. The molecule has 0 aliphatic carbocycles. The second-order valence-electron chi connectivity index (χ2n) is 7.63. The highest BCUT2D eigenvalue weighted by atomic mass is 32.2. The van der Waals surface area contributed by atoms with Crippen LogP contribution in [0.25, 0.3) is 0 Å². The summed E-state index contributed by atoms with van der Waals surface area (Å²) in [5.41, 5.74) is 1.73. The Kier molecular flexibility index (Phi) is 7.02. The maximum atomic E-state index is 13.9. The Morgan fingerprint density at radius 1 is 1.17 bits per heavy atom. The summed E-state index contributed by atoms with van der Waals surface area (Å²) in [5, 5.41) is 8.98. The molecule has 2 N–H and O–H groups in total. The predicted molar refractivity (Wildman–Crippen MR) is 109 cm³/mol. The minimum atomic E-state index is -4.22. The topological polar surface area (TPSA) is 92.7 Å². The molecule has 0 radical (unpaired) electrons. The molecule has 29 heavy (non-hydrogen) atoms. The van der Waals surface area contributed by atoms with Crippen LogP contribution in [-0.4, -0.2) is 32.6 Å². The minimum absolute atomic E-state index is 0.0357. The van der Waals surface area contributed by atoms with Crippen LogP contribution in [0, 0.1) is 5.82 Å². The SMILES string of the molecule is CCc1ccc(OCCNS(=O)(=O)c2cc(C(=O)O)ccc2F)c(C(C)(C)C)c1. The zero-order valence-corrected chi connectivity index (χ0v) is 17.8. The van der Waals surface area contributed by atoms with Gasteiger partial charge in [-0.3, -0.25) is 0 Å². The molecule has 0 atom stereocenters. The van der Waals surface area contributed by atoms with E-state index >= 15 is 0 Å². The molecule has 0 unspecified atom stereocenters. The summed E-state index contributed by atoms with van der Waals surface area (Å²) in [6.07, 6.45) is 0.893. The standard InChI is InChI=1S/C21H26FNO5S/c1-5-14-6-9-18(16(12-14)21(2,3)4)28-11-10-23-29(26,27)19-13-15(20(24)25)7-8-17(19)22/h6-9,12-13,23H,5,10-11H2,1-4H3,(H,24,25). The molecule has 2 rings (SSSR count). The largest absolute Gasteiger partial charge is 0.492 e. The number of carboxylic acids is 1. The van der Waals surface area contributed by atoms with Crippen molar-refractivity contribution < 1.29 is 27.4 Å². The molecule has 6 nitrogen and oxygen atoms in total. The van der Waals surface area contributed by atoms with E-state index in [9.17, 15) is 17.6 Å². The van der Waals surface area contributed by atoms with Gasteiger partial charge in [0.2, 0.25) is 10.0 Å². The normalized spacial score (nSPS) is 12.0. The van der Waals surface area contributed by atoms with E-state index in [1.807, 2.05) is 12.1 Å². The fourth-order valence-electron chi connectivity index (χ4n) is 2.77. The molecule has 0 aromatic heterocycles. The van der Waals surface area contributed by atoms with E-state index in [1.54, 1.807) is 0 Å². The molecular formula is C21H26FNO5S. The number of rotatable bonds is 8. The number of aromatic carboxylic acids is 1. The second-order valence-corrected chi connectivity index (χ2v) is 9.37. The number of halogens is 1. The van der Waals surface area contributed by atoms with E-state index in [0.29, 0.717) is 5.75 Å². The van der Waals surface area contributed by atoms with Crippen molar-refractivity contribution in [2.24, 2.45) is 0 Å². The van der Waals surface area contributed by atoms with Gasteiger partial charge in [0.15, 0.2) is 0 Å². The lowest BCUT2D eigenvalue weighted by Gasteiger charge is -2.23. The number of hydrogen-bond acceptors (Lipinski definition) is 4. The van der Waals surface area contributed by atoms with E-state index in [-0.39, 0.29) is 24.1 Å². The van der Waals surface area contributed by atoms with Crippen LogP contribution in [-0.2, 0) is 21.9 Å². The van der Waals surface area contributed by atoms with Gasteiger partial charge >= 0.3 is 5.97 Å². The molecule has 0 amide bonds. The van der Waals surface area contributed by atoms with Crippen molar-refractivity contribution in [1.82, 2.24) is 4.72 Å². The highest BCUT2D eigenvalue weighted by Gasteiger charge is 2.22. The van der Waals surface area contributed by atoms with E-state index < -0.39 is 26.7 Å². The van der Waals surface area contributed by atoms with Crippen molar-refractivity contribution in [1.29, 1.82) is 0 Å². The first-order valence-corrected chi connectivity index (χ1v) is 10.7. The Hall–Kier alpha value is -2.45. The fourth-order valence-corrected chi connectivity index (χ4v) is 3.88. The zero-order valence-electron chi connectivity index (χ0n) is 17.0. The summed E-state index contributed by atoms with van der Waals surface area (Å²) in [6.45, 7) is 8.20. The molecule has 2 aromatic carbocycles. The van der Waals surface area contributed by atoms with Crippen molar-refractivity contribution >= 4 is 16.0 Å². The Bertz CT molecular complexity index is 997. The third-order valence-corrected chi connectivity index (χ3v) is 5.86. The maximum absolute atomic E-state index is 13.9. The zero-order chi connectivity index (χ0) is 21.8. The number of hydrogen-bond donors (Lipinski definition) is 2. The molecule has 0 aliphatic rings. The number of sulfonamides is 1. The summed E-state index contributed by atoms with van der Waals surface area (Å²) in [7, 11) is -4.22. The van der Waals surface area contributed by atoms with Crippen LogP contribution in [0.15, 0.2) is 41.3 Å². The van der Waals surface area contributed by atoms with Gasteiger partial charge in [-0.25, -0.2) is 22.3 Å². The molecule has 158 valence electrons. The van der Waals surface area contributed by atoms with Crippen LogP contribution >= 0.6 is 0 Å². The van der Waals surface area contributed by atoms with Crippen LogP contribution in [0.5, 0.6) is 5.75 Å². The number of aryl methyl sites for hydroxylation is 1. The second kappa shape index (κ2) is 8.92. The highest BCUT2D eigenvalue weighted by molar-refractivity contribution is 7.89. The highest BCUT2D eigenvalue weighted by Crippen LogP contribution is 2.32. The lowest BCUT2D eigenvalue weighted by Crippen LogP contribution is -2.29. The van der Waals surface area contributed by atoms with Crippen LogP contribution in [0.2, 0.25) is 0 Å². The van der Waals surface area contributed by atoms with Crippen LogP contribution in [0.3, 0.4) is 0 Å². The molecule has 0 saturated carbocycles. The third kappa shape index (κ3) is 5.77. The molecule has 0 aliphatic heterocycles. The molecular weight excluding hydrogens is 397 g/mol. The first-order valence-electron chi connectivity index (χ1n) is 9.24. The summed E-state index contributed by atoms with van der Waals surface area (Å²) < 4.78 is 46.6. The number of carboxylic acid groups (broad SMARTS) is 1. The summed E-state index contributed by atoms with van der Waals surface area (Å²) in [6, 6.07) is 8.52. The number of carbonyl (C=O) groups is 1. The van der Waals surface area contributed by atoms with Crippen LogP contribution in [0.4, 0.5) is 4.39 Å². The maximum Gasteiger partial charge on any atom is 0.335 e. The number of nitrogens with one attached hydrogen (secondary N) is 1. The van der Waals surface area contributed by atoms with E-state index in [2.05, 4.69) is 38.5 Å². The van der Waals surface area contributed by atoms with Gasteiger partial charge in [-0.2, -0.15) is 0 Å². The molecule has 8 heteroatoms. The van der Waals surface area contributed by atoms with E-state index in [0.717, 1.165) is 30.2 Å². The minimum Gasteiger partial charge on any atom is -0.492 e. The van der Waals surface area contributed by atoms with E-state index in [1.165, 1.54) is 5.56 Å². The fraction of sp³-hybridized carbons (Fsp3) is 0.381. The molecule has 0 heterocycles. The van der Waals surface area contributed by atoms with Gasteiger partial charge in [-0.1, -0.05) is 39.8 Å². The van der Waals surface area contributed by atoms with Gasteiger partial charge in [0, 0.05) is 6.54 Å². The average molecular weight is 424 g/mol. The van der Waals surface area contributed by atoms with Gasteiger partial charge < -0.3 is 9.84 Å². The Morgan fingerprint density at radius 3 is 2.45 bits per heavy atom. The third-order valence-electron chi connectivity index (χ3n) is 4.38. The monoisotopic (exact) mass is 423 g/mol. The molecule has 0 spiro atoms. The van der Waals surface area contributed by atoms with Gasteiger partial charge in [0.1, 0.15) is 23.1 Å². The Morgan fingerprint density at radius 2 is 1.86 bits per heavy atom. The first kappa shape index (κ1) is 22.8. The van der Waals surface area contributed by atoms with Crippen molar-refractivity contribution in [3.05, 3.63) is 58.9 Å². The quantitative estimate of drug-likeness (QED) is 0.631. The Balaban J connectivity index is 2.09. The van der Waals surface area contributed by atoms with E-state index in [4.69, 9.17) is 9.84 Å². The summed E-state index contributed by atoms with van der Waals surface area (Å²) in [4.78, 5) is 10.3. The smallest absolute Gasteiger partial charge is 0.335 e. The van der Waals surface area contributed by atoms with Crippen molar-refractivity contribution in [2.75, 3.05) is 13.2 Å². The lowest BCUT2D eigenvalue weighted by molar-refractivity contribution is 0.0696. The number of benzene rings is 2. The molecule has 0 bridgehead atoms. The predicted octanol–water partition coefficient (Wildman–Crippen LogP) is 3.74. The molecule has 2 aromatic rings. The summed E-state index contributed by atoms with van der Waals surface area (Å²) in [5.74, 6) is -1.70. The van der Waals surface area contributed by atoms with Crippen molar-refractivity contribution in [3.63, 3.8) is 0 Å². The lowest BCUT2D eigenvalue weighted by atomic mass is 9.85. The molecule has 0 saturated heterocycles. The van der Waals surface area contributed by atoms with Gasteiger partial charge in [0.05, 0.1) is 5.56 Å².